The van der Waals surface area contributed by atoms with E-state index in [0.29, 0.717) is 6.20 Å². The van der Waals surface area contributed by atoms with E-state index in [4.69, 9.17) is 0 Å². The Morgan fingerprint density at radius 2 is 1.71 bits per heavy atom. The lowest BCUT2D eigenvalue weighted by Crippen LogP contribution is -2.43. The second-order valence-electron chi connectivity index (χ2n) is 8.02. The molecule has 38 heavy (non-hydrogen) atoms. The Kier molecular flexibility index (Phi) is 7.61. The van der Waals surface area contributed by atoms with E-state index in [0.717, 1.165) is 6.07 Å². The molecular weight excluding hydrogens is 541 g/mol. The molecule has 0 aliphatic carbocycles. The Bertz CT molecular complexity index is 1260. The molecule has 0 fully saturated rings. The number of oxime groups is 1. The SMILES string of the molecule is Cc1cc(C2=NOC(c3cncc(C(F)(F)F)n3)(C(F)(F)F)C2)ccc1C(=O)NCC(=O)NCC(F)(F)F. The number of benzene rings is 1. The van der Waals surface area contributed by atoms with Gasteiger partial charge >= 0.3 is 18.5 Å². The largest absolute Gasteiger partial charge is 0.437 e. The van der Waals surface area contributed by atoms with E-state index < -0.39 is 66.8 Å². The molecule has 0 radical (unpaired) electrons. The minimum Gasteiger partial charge on any atom is -0.372 e. The van der Waals surface area contributed by atoms with Crippen LogP contribution in [0.2, 0.25) is 0 Å². The number of carbonyl (C=O) groups is 2. The summed E-state index contributed by atoms with van der Waals surface area (Å²) in [6.45, 7) is -0.984. The van der Waals surface area contributed by atoms with Crippen molar-refractivity contribution in [3.05, 3.63) is 58.7 Å². The number of rotatable bonds is 6. The van der Waals surface area contributed by atoms with Gasteiger partial charge in [0.2, 0.25) is 5.91 Å². The Hall–Kier alpha value is -3.92. The van der Waals surface area contributed by atoms with Crippen LogP contribution in [0, 0.1) is 6.92 Å². The zero-order valence-corrected chi connectivity index (χ0v) is 19.0. The van der Waals surface area contributed by atoms with Crippen molar-refractivity contribution in [1.29, 1.82) is 0 Å². The van der Waals surface area contributed by atoms with Crippen LogP contribution in [0.3, 0.4) is 0 Å². The first kappa shape index (κ1) is 28.6. The molecule has 2 amide bonds. The Morgan fingerprint density at radius 3 is 2.29 bits per heavy atom. The normalized spacial score (nSPS) is 18.0. The standard InChI is InChI=1S/C21H16F9N5O3/c1-10-4-11(2-3-12(10)17(37)32-8-16(36)33-9-19(22,23)24)13-5-18(38-35-13,21(28,29)30)14-6-31-7-15(34-14)20(25,26)27/h2-4,6-7H,5,8-9H2,1H3,(H,32,37)(H,33,36). The molecule has 1 aromatic heterocycles. The predicted molar refractivity (Wildman–Crippen MR) is 110 cm³/mol. The van der Waals surface area contributed by atoms with Gasteiger partial charge < -0.3 is 15.5 Å². The molecule has 2 heterocycles. The second kappa shape index (κ2) is 10.1. The maximum Gasteiger partial charge on any atom is 0.437 e. The highest BCUT2D eigenvalue weighted by Crippen LogP contribution is 2.48. The molecule has 8 nitrogen and oxygen atoms in total. The number of hydrogen-bond acceptors (Lipinski definition) is 6. The van der Waals surface area contributed by atoms with Gasteiger partial charge in [-0.1, -0.05) is 11.2 Å². The van der Waals surface area contributed by atoms with Gasteiger partial charge in [0.25, 0.3) is 11.5 Å². The number of carbonyl (C=O) groups excluding carboxylic acids is 2. The van der Waals surface area contributed by atoms with Crippen LogP contribution in [0.1, 0.15) is 39.3 Å². The van der Waals surface area contributed by atoms with Gasteiger partial charge in [0.15, 0.2) is 5.69 Å². The van der Waals surface area contributed by atoms with Gasteiger partial charge in [-0.15, -0.1) is 0 Å². The first-order valence-corrected chi connectivity index (χ1v) is 10.4. The van der Waals surface area contributed by atoms with Crippen LogP contribution in [0.4, 0.5) is 39.5 Å². The molecule has 1 atom stereocenters. The summed E-state index contributed by atoms with van der Waals surface area (Å²) in [5.74, 6) is -1.96. The van der Waals surface area contributed by atoms with Crippen molar-refractivity contribution in [1.82, 2.24) is 20.6 Å². The summed E-state index contributed by atoms with van der Waals surface area (Å²) in [5.41, 5.74) is -6.32. The van der Waals surface area contributed by atoms with E-state index >= 15 is 0 Å². The van der Waals surface area contributed by atoms with E-state index in [1.807, 2.05) is 0 Å². The molecule has 0 spiro atoms. The third-order valence-electron chi connectivity index (χ3n) is 5.22. The summed E-state index contributed by atoms with van der Waals surface area (Å²) < 4.78 is 118. The minimum atomic E-state index is -5.25. The zero-order valence-electron chi connectivity index (χ0n) is 19.0. The highest BCUT2D eigenvalue weighted by Gasteiger charge is 2.64. The Labute approximate surface area is 207 Å². The molecule has 1 aliphatic rings. The number of amides is 2. The number of alkyl halides is 9. The molecule has 0 bridgehead atoms. The molecule has 2 N–H and O–H groups in total. The highest BCUT2D eigenvalue weighted by molar-refractivity contribution is 6.04. The molecule has 1 aromatic carbocycles. The Balaban J connectivity index is 1.77. The summed E-state index contributed by atoms with van der Waals surface area (Å²) in [7, 11) is 0. The number of aryl methyl sites for hydroxylation is 1. The van der Waals surface area contributed by atoms with Gasteiger partial charge in [-0.3, -0.25) is 14.6 Å². The van der Waals surface area contributed by atoms with Crippen LogP contribution in [0.25, 0.3) is 0 Å². The lowest BCUT2D eigenvalue weighted by molar-refractivity contribution is -0.277. The maximum atomic E-state index is 14.0. The molecule has 0 saturated heterocycles. The molecule has 17 heteroatoms. The van der Waals surface area contributed by atoms with Crippen LogP contribution in [0.15, 0.2) is 35.7 Å². The number of nitrogens with one attached hydrogen (secondary N) is 2. The Morgan fingerprint density at radius 1 is 1.03 bits per heavy atom. The molecule has 0 saturated carbocycles. The summed E-state index contributed by atoms with van der Waals surface area (Å²) in [6.07, 6.45) is -15.3. The van der Waals surface area contributed by atoms with Gasteiger partial charge in [0, 0.05) is 5.56 Å². The van der Waals surface area contributed by atoms with Crippen molar-refractivity contribution in [3.8, 4) is 0 Å². The molecular formula is C21H16F9N5O3. The van der Waals surface area contributed by atoms with Crippen LogP contribution in [-0.4, -0.2) is 52.9 Å². The van der Waals surface area contributed by atoms with Gasteiger partial charge in [-0.25, -0.2) is 4.98 Å². The molecule has 206 valence electrons. The second-order valence-corrected chi connectivity index (χ2v) is 8.02. The first-order chi connectivity index (χ1) is 17.4. The van der Waals surface area contributed by atoms with Crippen LogP contribution >= 0.6 is 0 Å². The summed E-state index contributed by atoms with van der Waals surface area (Å²) in [4.78, 5) is 34.7. The van der Waals surface area contributed by atoms with Crippen LogP contribution in [0.5, 0.6) is 0 Å². The molecule has 2 aromatic rings. The van der Waals surface area contributed by atoms with Gasteiger partial charge in [-0.2, -0.15) is 39.5 Å². The van der Waals surface area contributed by atoms with Gasteiger partial charge in [0.1, 0.15) is 12.2 Å². The van der Waals surface area contributed by atoms with Gasteiger partial charge in [0.05, 0.1) is 31.1 Å². The third kappa shape index (κ3) is 6.31. The smallest absolute Gasteiger partial charge is 0.372 e. The fourth-order valence-corrected chi connectivity index (χ4v) is 3.33. The minimum absolute atomic E-state index is 0.0352. The molecule has 1 unspecified atom stereocenters. The van der Waals surface area contributed by atoms with Crippen molar-refractivity contribution in [2.24, 2.45) is 5.16 Å². The van der Waals surface area contributed by atoms with E-state index in [9.17, 15) is 49.1 Å². The van der Waals surface area contributed by atoms with E-state index in [1.54, 1.807) is 5.32 Å². The lowest BCUT2D eigenvalue weighted by Gasteiger charge is -2.28. The summed E-state index contributed by atoms with van der Waals surface area (Å²) in [6, 6.07) is 3.58. The highest BCUT2D eigenvalue weighted by atomic mass is 19.4. The first-order valence-electron chi connectivity index (χ1n) is 10.4. The van der Waals surface area contributed by atoms with E-state index in [2.05, 4.69) is 25.3 Å². The van der Waals surface area contributed by atoms with Crippen LogP contribution < -0.4 is 10.6 Å². The third-order valence-corrected chi connectivity index (χ3v) is 5.22. The topological polar surface area (TPSA) is 106 Å². The maximum absolute atomic E-state index is 14.0. The van der Waals surface area contributed by atoms with E-state index in [-0.39, 0.29) is 28.6 Å². The fraction of sp³-hybridized carbons (Fsp3) is 0.381. The summed E-state index contributed by atoms with van der Waals surface area (Å²) in [5, 5.41) is 7.08. The van der Waals surface area contributed by atoms with Crippen molar-refractivity contribution < 1.29 is 53.9 Å². The average molecular weight is 557 g/mol. The molecule has 1 aliphatic heterocycles. The number of hydrogen-bond donors (Lipinski definition) is 2. The predicted octanol–water partition coefficient (Wildman–Crippen LogP) is 3.79. The lowest BCUT2D eigenvalue weighted by atomic mass is 9.89. The van der Waals surface area contributed by atoms with Crippen LogP contribution in [-0.2, 0) is 21.4 Å². The molecule has 3 rings (SSSR count). The fourth-order valence-electron chi connectivity index (χ4n) is 3.33. The van der Waals surface area contributed by atoms with Gasteiger partial charge in [-0.05, 0) is 30.2 Å². The van der Waals surface area contributed by atoms with Crippen molar-refractivity contribution in [2.75, 3.05) is 13.1 Å². The van der Waals surface area contributed by atoms with Crippen molar-refractivity contribution >= 4 is 17.5 Å². The van der Waals surface area contributed by atoms with E-state index in [1.165, 1.54) is 19.1 Å². The van der Waals surface area contributed by atoms with Crippen molar-refractivity contribution in [3.63, 3.8) is 0 Å². The number of halogens is 9. The number of nitrogens with zero attached hydrogens (tertiary/aromatic N) is 3. The van der Waals surface area contributed by atoms with Crippen molar-refractivity contribution in [2.45, 2.75) is 37.5 Å². The number of aromatic nitrogens is 2. The summed E-state index contributed by atoms with van der Waals surface area (Å²) >= 11 is 0. The zero-order chi connectivity index (χ0) is 28.5. The monoisotopic (exact) mass is 557 g/mol. The average Bonchev–Trinajstić information content (AvgIpc) is 3.27. The quantitative estimate of drug-likeness (QED) is 0.526.